The van der Waals surface area contributed by atoms with Gasteiger partial charge in [0.25, 0.3) is 0 Å². The van der Waals surface area contributed by atoms with Gasteiger partial charge in [-0.2, -0.15) is 0 Å². The maximum atomic E-state index is 11.8. The van der Waals surface area contributed by atoms with E-state index in [1.807, 2.05) is 12.1 Å². The highest BCUT2D eigenvalue weighted by molar-refractivity contribution is 5.96. The first-order chi connectivity index (χ1) is 14.0. The number of rotatable bonds is 8. The lowest BCUT2D eigenvalue weighted by atomic mass is 10.1. The molecular formula is C23H28N2O4. The van der Waals surface area contributed by atoms with Gasteiger partial charge in [-0.15, -0.1) is 0 Å². The smallest absolute Gasteiger partial charge is 0.303 e. The Morgan fingerprint density at radius 2 is 1.59 bits per heavy atom. The number of anilines is 1. The van der Waals surface area contributed by atoms with E-state index in [0.717, 1.165) is 26.2 Å². The van der Waals surface area contributed by atoms with Crippen LogP contribution in [0.3, 0.4) is 0 Å². The lowest BCUT2D eigenvalue weighted by molar-refractivity contribution is -0.148. The zero-order valence-corrected chi connectivity index (χ0v) is 17.0. The Morgan fingerprint density at radius 1 is 0.931 bits per heavy atom. The predicted molar refractivity (Wildman–Crippen MR) is 113 cm³/mol. The highest BCUT2D eigenvalue weighted by Crippen LogP contribution is 2.20. The lowest BCUT2D eigenvalue weighted by Gasteiger charge is -2.37. The normalized spacial score (nSPS) is 15.6. The second-order valence-electron chi connectivity index (χ2n) is 7.22. The first-order valence-electron chi connectivity index (χ1n) is 9.95. The summed E-state index contributed by atoms with van der Waals surface area (Å²) in [6.45, 7) is 7.35. The highest BCUT2D eigenvalue weighted by atomic mass is 16.6. The molecule has 0 amide bonds. The van der Waals surface area contributed by atoms with Crippen molar-refractivity contribution in [3.8, 4) is 5.75 Å². The van der Waals surface area contributed by atoms with E-state index in [2.05, 4.69) is 34.1 Å². The van der Waals surface area contributed by atoms with Crippen LogP contribution in [0.15, 0.2) is 54.6 Å². The Labute approximate surface area is 172 Å². The summed E-state index contributed by atoms with van der Waals surface area (Å²) in [4.78, 5) is 28.0. The maximum Gasteiger partial charge on any atom is 0.303 e. The Hall–Kier alpha value is -2.86. The van der Waals surface area contributed by atoms with Crippen molar-refractivity contribution in [1.29, 1.82) is 0 Å². The van der Waals surface area contributed by atoms with Crippen LogP contribution in [0, 0.1) is 0 Å². The summed E-state index contributed by atoms with van der Waals surface area (Å²) in [5.41, 5.74) is 1.76. The molecule has 6 nitrogen and oxygen atoms in total. The average Bonchev–Trinajstić information content (AvgIpc) is 2.73. The molecule has 2 aromatic carbocycles. The minimum Gasteiger partial charge on any atom is -0.489 e. The summed E-state index contributed by atoms with van der Waals surface area (Å²) in [5.74, 6) is 0.133. The molecule has 1 saturated heterocycles. The second kappa shape index (κ2) is 10.1. The van der Waals surface area contributed by atoms with E-state index in [-0.39, 0.29) is 18.4 Å². The fourth-order valence-electron chi connectivity index (χ4n) is 3.54. The van der Waals surface area contributed by atoms with Crippen molar-refractivity contribution in [1.82, 2.24) is 4.90 Å². The van der Waals surface area contributed by atoms with Crippen molar-refractivity contribution >= 4 is 17.4 Å². The van der Waals surface area contributed by atoms with Crippen LogP contribution in [0.1, 0.15) is 24.2 Å². The molecule has 0 aliphatic carbocycles. The van der Waals surface area contributed by atoms with Crippen LogP contribution in [0.4, 0.5) is 5.69 Å². The van der Waals surface area contributed by atoms with Gasteiger partial charge in [-0.05, 0) is 31.2 Å². The molecule has 0 bridgehead atoms. The van der Waals surface area contributed by atoms with Crippen molar-refractivity contribution in [2.45, 2.75) is 20.0 Å². The first kappa shape index (κ1) is 20.9. The molecule has 3 rings (SSSR count). The number of esters is 1. The van der Waals surface area contributed by atoms with E-state index in [9.17, 15) is 9.59 Å². The molecule has 1 atom stereocenters. The van der Waals surface area contributed by atoms with E-state index >= 15 is 0 Å². The molecule has 1 aliphatic heterocycles. The van der Waals surface area contributed by atoms with Crippen molar-refractivity contribution in [2.75, 3.05) is 44.2 Å². The van der Waals surface area contributed by atoms with E-state index in [1.54, 1.807) is 18.2 Å². The Bertz CT molecular complexity index is 817. The summed E-state index contributed by atoms with van der Waals surface area (Å²) in [6.07, 6.45) is -0.393. The number of carbonyl (C=O) groups is 2. The molecular weight excluding hydrogens is 368 g/mol. The number of ether oxygens (including phenoxy) is 2. The molecule has 154 valence electrons. The zero-order valence-electron chi connectivity index (χ0n) is 17.0. The summed E-state index contributed by atoms with van der Waals surface area (Å²) in [6, 6.07) is 17.5. The van der Waals surface area contributed by atoms with Crippen LogP contribution in [0.25, 0.3) is 0 Å². The van der Waals surface area contributed by atoms with Gasteiger partial charge in [-0.25, -0.2) is 0 Å². The Balaban J connectivity index is 1.56. The number of benzene rings is 2. The lowest BCUT2D eigenvalue weighted by Crippen LogP contribution is -2.50. The summed E-state index contributed by atoms with van der Waals surface area (Å²) < 4.78 is 11.3. The minimum atomic E-state index is -0.393. The third-order valence-electron chi connectivity index (χ3n) is 4.98. The van der Waals surface area contributed by atoms with Crippen LogP contribution in [0.2, 0.25) is 0 Å². The van der Waals surface area contributed by atoms with Gasteiger partial charge in [0.05, 0.1) is 5.56 Å². The van der Waals surface area contributed by atoms with E-state index < -0.39 is 6.10 Å². The molecule has 0 N–H and O–H groups in total. The van der Waals surface area contributed by atoms with Crippen LogP contribution >= 0.6 is 0 Å². The average molecular weight is 396 g/mol. The summed E-state index contributed by atoms with van der Waals surface area (Å²) >= 11 is 0. The van der Waals surface area contributed by atoms with Crippen LogP contribution in [-0.2, 0) is 9.53 Å². The highest BCUT2D eigenvalue weighted by Gasteiger charge is 2.23. The van der Waals surface area contributed by atoms with Gasteiger partial charge < -0.3 is 14.4 Å². The molecule has 1 aliphatic rings. The Morgan fingerprint density at radius 3 is 2.24 bits per heavy atom. The number of piperazine rings is 1. The quantitative estimate of drug-likeness (QED) is 0.505. The molecule has 29 heavy (non-hydrogen) atoms. The number of Topliss-reactive ketones (excluding diaryl/α,β-unsaturated/α-hetero) is 1. The van der Waals surface area contributed by atoms with Gasteiger partial charge in [0.15, 0.2) is 5.78 Å². The maximum absolute atomic E-state index is 11.8. The molecule has 1 heterocycles. The number of ketones is 1. The third-order valence-corrected chi connectivity index (χ3v) is 4.98. The molecule has 0 aromatic heterocycles. The SMILES string of the molecule is CC(=O)O[C@@H](COc1ccccc1C(C)=O)CN1CCN(c2ccccc2)CC1. The van der Waals surface area contributed by atoms with Gasteiger partial charge in [0.1, 0.15) is 18.5 Å². The predicted octanol–water partition coefficient (Wildman–Crippen LogP) is 3.02. The largest absolute Gasteiger partial charge is 0.489 e. The number of hydrogen-bond acceptors (Lipinski definition) is 6. The fraction of sp³-hybridized carbons (Fsp3) is 0.391. The van der Waals surface area contributed by atoms with Crippen molar-refractivity contribution < 1.29 is 19.1 Å². The van der Waals surface area contributed by atoms with Gasteiger partial charge in [-0.3, -0.25) is 14.5 Å². The topological polar surface area (TPSA) is 59.1 Å². The van der Waals surface area contributed by atoms with E-state index in [1.165, 1.54) is 19.5 Å². The van der Waals surface area contributed by atoms with Crippen molar-refractivity contribution in [2.24, 2.45) is 0 Å². The standard InChI is InChI=1S/C23H28N2O4/c1-18(26)22-10-6-7-11-23(22)28-17-21(29-19(2)27)16-24-12-14-25(15-13-24)20-8-4-3-5-9-20/h3-11,21H,12-17H2,1-2H3/t21-/m1/s1. The minimum absolute atomic E-state index is 0.0540. The van der Waals surface area contributed by atoms with Gasteiger partial charge in [-0.1, -0.05) is 30.3 Å². The van der Waals surface area contributed by atoms with Crippen LogP contribution < -0.4 is 9.64 Å². The van der Waals surface area contributed by atoms with Crippen LogP contribution in [-0.4, -0.2) is 62.1 Å². The molecule has 2 aromatic rings. The molecule has 0 saturated carbocycles. The van der Waals surface area contributed by atoms with Crippen molar-refractivity contribution in [3.63, 3.8) is 0 Å². The van der Waals surface area contributed by atoms with E-state index in [4.69, 9.17) is 9.47 Å². The monoisotopic (exact) mass is 396 g/mol. The van der Waals surface area contributed by atoms with Gasteiger partial charge in [0, 0.05) is 45.3 Å². The second-order valence-corrected chi connectivity index (χ2v) is 7.22. The van der Waals surface area contributed by atoms with Crippen LogP contribution in [0.5, 0.6) is 5.75 Å². The fourth-order valence-corrected chi connectivity index (χ4v) is 3.54. The molecule has 0 unspecified atom stereocenters. The van der Waals surface area contributed by atoms with E-state index in [0.29, 0.717) is 17.9 Å². The van der Waals surface area contributed by atoms with Gasteiger partial charge >= 0.3 is 5.97 Å². The number of para-hydroxylation sites is 2. The van der Waals surface area contributed by atoms with Gasteiger partial charge in [0.2, 0.25) is 0 Å². The molecule has 6 heteroatoms. The molecule has 0 radical (unpaired) electrons. The number of hydrogen-bond donors (Lipinski definition) is 0. The first-order valence-corrected chi connectivity index (χ1v) is 9.95. The molecule has 1 fully saturated rings. The number of carbonyl (C=O) groups excluding carboxylic acids is 2. The Kier molecular flexibility index (Phi) is 7.25. The third kappa shape index (κ3) is 6.06. The number of nitrogens with zero attached hydrogens (tertiary/aromatic N) is 2. The summed E-state index contributed by atoms with van der Waals surface area (Å²) in [5, 5.41) is 0. The summed E-state index contributed by atoms with van der Waals surface area (Å²) in [7, 11) is 0. The zero-order chi connectivity index (χ0) is 20.6. The molecule has 0 spiro atoms. The van der Waals surface area contributed by atoms with Crippen molar-refractivity contribution in [3.05, 3.63) is 60.2 Å².